The normalized spacial score (nSPS) is 43.7. The maximum Gasteiger partial charge on any atom is 0.256 e. The van der Waals surface area contributed by atoms with Gasteiger partial charge >= 0.3 is 0 Å². The van der Waals surface area contributed by atoms with Crippen molar-refractivity contribution in [1.29, 1.82) is 0 Å². The first kappa shape index (κ1) is 7.30. The minimum Gasteiger partial charge on any atom is -0.364 e. The Hall–Kier alpha value is 0.190. The molecule has 3 N–H and O–H groups in total. The molecule has 0 aliphatic carbocycles. The SMILES string of the molecule is OC[S+]1OC(O)C[C@@H]1O. The molecule has 2 unspecified atom stereocenters. The van der Waals surface area contributed by atoms with E-state index in [1.165, 1.54) is 0 Å². The summed E-state index contributed by atoms with van der Waals surface area (Å²) in [7, 11) is 0. The highest BCUT2D eigenvalue weighted by Crippen LogP contribution is 2.21. The molecular formula is C4H9O4S+. The summed E-state index contributed by atoms with van der Waals surface area (Å²) in [6.45, 7) is 0. The van der Waals surface area contributed by atoms with Crippen LogP contribution in [0.4, 0.5) is 0 Å². The first-order chi connectivity index (χ1) is 4.24. The van der Waals surface area contributed by atoms with Gasteiger partial charge in [0.25, 0.3) is 5.44 Å². The van der Waals surface area contributed by atoms with Crippen molar-refractivity contribution in [1.82, 2.24) is 0 Å². The van der Waals surface area contributed by atoms with Crippen molar-refractivity contribution < 1.29 is 19.5 Å². The van der Waals surface area contributed by atoms with Gasteiger partial charge in [-0.2, -0.15) is 0 Å². The molecule has 1 saturated heterocycles. The zero-order chi connectivity index (χ0) is 6.85. The third-order valence-corrected chi connectivity index (χ3v) is 2.59. The molecular weight excluding hydrogens is 144 g/mol. The van der Waals surface area contributed by atoms with Gasteiger partial charge in [0.05, 0.1) is 6.42 Å². The van der Waals surface area contributed by atoms with Crippen molar-refractivity contribution >= 4 is 11.2 Å². The fourth-order valence-corrected chi connectivity index (χ4v) is 1.75. The summed E-state index contributed by atoms with van der Waals surface area (Å²) < 4.78 is 4.71. The number of hydrogen-bond acceptors (Lipinski definition) is 4. The van der Waals surface area contributed by atoms with Crippen LogP contribution in [0.2, 0.25) is 0 Å². The van der Waals surface area contributed by atoms with Crippen LogP contribution in [0.3, 0.4) is 0 Å². The molecule has 1 aliphatic heterocycles. The fourth-order valence-electron chi connectivity index (χ4n) is 0.642. The molecule has 1 aliphatic rings. The van der Waals surface area contributed by atoms with Gasteiger partial charge in [0.2, 0.25) is 23.4 Å². The Kier molecular flexibility index (Phi) is 2.31. The van der Waals surface area contributed by atoms with Crippen molar-refractivity contribution in [3.63, 3.8) is 0 Å². The zero-order valence-electron chi connectivity index (χ0n) is 4.73. The molecule has 0 aromatic rings. The van der Waals surface area contributed by atoms with Gasteiger partial charge in [-0.05, 0) is 0 Å². The van der Waals surface area contributed by atoms with E-state index < -0.39 is 22.9 Å². The monoisotopic (exact) mass is 153 g/mol. The average molecular weight is 153 g/mol. The Bertz CT molecular complexity index is 98.6. The number of aliphatic hydroxyl groups excluding tert-OH is 3. The molecule has 1 fully saturated rings. The molecule has 1 heterocycles. The van der Waals surface area contributed by atoms with Gasteiger partial charge in [-0.15, -0.1) is 4.18 Å². The van der Waals surface area contributed by atoms with Crippen molar-refractivity contribution in [2.24, 2.45) is 0 Å². The molecule has 0 radical (unpaired) electrons. The lowest BCUT2D eigenvalue weighted by Gasteiger charge is -1.94. The Labute approximate surface area is 55.6 Å². The first-order valence-electron chi connectivity index (χ1n) is 2.58. The van der Waals surface area contributed by atoms with E-state index in [9.17, 15) is 0 Å². The second kappa shape index (κ2) is 2.85. The standard InChI is InChI=1S/C4H9O4S/c5-2-9-4(7)1-3(6)8-9/h3-7H,1-2H2/q+1/t3?,4-,9?/m1/s1. The molecule has 0 amide bonds. The third kappa shape index (κ3) is 1.56. The van der Waals surface area contributed by atoms with E-state index in [4.69, 9.17) is 19.5 Å². The van der Waals surface area contributed by atoms with Crippen molar-refractivity contribution in [3.05, 3.63) is 0 Å². The lowest BCUT2D eigenvalue weighted by Crippen LogP contribution is -2.17. The topological polar surface area (TPSA) is 69.9 Å². The summed E-state index contributed by atoms with van der Waals surface area (Å²) in [5.74, 6) is -0.210. The van der Waals surface area contributed by atoms with Crippen LogP contribution in [0.25, 0.3) is 0 Å². The Balaban J connectivity index is 2.38. The first-order valence-corrected chi connectivity index (χ1v) is 3.96. The lowest BCUT2D eigenvalue weighted by atomic mass is 10.4. The summed E-state index contributed by atoms with van der Waals surface area (Å²) in [6.07, 6.45) is -0.681. The molecule has 0 aromatic heterocycles. The number of rotatable bonds is 1. The molecule has 1 rings (SSSR count). The highest BCUT2D eigenvalue weighted by molar-refractivity contribution is 7.92. The fraction of sp³-hybridized carbons (Fsp3) is 1.00. The van der Waals surface area contributed by atoms with Crippen LogP contribution < -0.4 is 0 Å². The Morgan fingerprint density at radius 3 is 2.44 bits per heavy atom. The van der Waals surface area contributed by atoms with Crippen LogP contribution in [-0.4, -0.2) is 33.0 Å². The van der Waals surface area contributed by atoms with E-state index in [1.54, 1.807) is 0 Å². The molecule has 4 nitrogen and oxygen atoms in total. The van der Waals surface area contributed by atoms with E-state index >= 15 is 0 Å². The van der Waals surface area contributed by atoms with Crippen LogP contribution >= 0.6 is 0 Å². The quantitative estimate of drug-likeness (QED) is 0.402. The molecule has 54 valence electrons. The summed E-state index contributed by atoms with van der Waals surface area (Å²) in [4.78, 5) is 0. The van der Waals surface area contributed by atoms with E-state index in [-0.39, 0.29) is 12.4 Å². The third-order valence-electron chi connectivity index (χ3n) is 1.07. The van der Waals surface area contributed by atoms with E-state index in [1.807, 2.05) is 0 Å². The summed E-state index contributed by atoms with van der Waals surface area (Å²) in [5, 5.41) is 26.1. The minimum atomic E-state index is -0.893. The minimum absolute atomic E-state index is 0.210. The summed E-state index contributed by atoms with van der Waals surface area (Å²) >= 11 is -0.848. The van der Waals surface area contributed by atoms with Gasteiger partial charge in [0.15, 0.2) is 0 Å². The van der Waals surface area contributed by atoms with Crippen LogP contribution in [0.15, 0.2) is 0 Å². The Morgan fingerprint density at radius 2 is 2.22 bits per heavy atom. The van der Waals surface area contributed by atoms with Crippen molar-refractivity contribution in [2.45, 2.75) is 18.1 Å². The van der Waals surface area contributed by atoms with Crippen molar-refractivity contribution in [3.8, 4) is 0 Å². The summed E-state index contributed by atoms with van der Waals surface area (Å²) in [5.41, 5.74) is -0.690. The predicted octanol–water partition coefficient (Wildman–Crippen LogP) is -1.47. The highest BCUT2D eigenvalue weighted by Gasteiger charge is 2.43. The molecule has 5 heteroatoms. The van der Waals surface area contributed by atoms with Gasteiger partial charge in [-0.25, -0.2) is 0 Å². The smallest absolute Gasteiger partial charge is 0.256 e. The maximum absolute atomic E-state index is 8.93. The zero-order valence-corrected chi connectivity index (χ0v) is 5.54. The number of aliphatic hydroxyl groups is 3. The largest absolute Gasteiger partial charge is 0.364 e. The van der Waals surface area contributed by atoms with Crippen LogP contribution in [0, 0.1) is 0 Å². The van der Waals surface area contributed by atoms with Crippen LogP contribution in [0.1, 0.15) is 6.42 Å². The second-order valence-corrected chi connectivity index (χ2v) is 3.51. The van der Waals surface area contributed by atoms with E-state index in [2.05, 4.69) is 0 Å². The molecule has 0 saturated carbocycles. The van der Waals surface area contributed by atoms with Gasteiger partial charge in [0.1, 0.15) is 0 Å². The molecule has 0 spiro atoms. The van der Waals surface area contributed by atoms with E-state index in [0.29, 0.717) is 0 Å². The molecule has 0 bridgehead atoms. The lowest BCUT2D eigenvalue weighted by molar-refractivity contribution is -0.00176. The van der Waals surface area contributed by atoms with Crippen LogP contribution in [0.5, 0.6) is 0 Å². The predicted molar refractivity (Wildman–Crippen MR) is 32.2 cm³/mol. The maximum atomic E-state index is 8.93. The van der Waals surface area contributed by atoms with Crippen molar-refractivity contribution in [2.75, 3.05) is 5.94 Å². The molecule has 0 aromatic carbocycles. The van der Waals surface area contributed by atoms with Gasteiger partial charge in [-0.3, -0.25) is 0 Å². The molecule has 9 heavy (non-hydrogen) atoms. The van der Waals surface area contributed by atoms with Gasteiger partial charge < -0.3 is 15.3 Å². The highest BCUT2D eigenvalue weighted by atomic mass is 32.2. The summed E-state index contributed by atoms with van der Waals surface area (Å²) in [6, 6.07) is 0. The molecule has 3 atom stereocenters. The average Bonchev–Trinajstić information content (AvgIpc) is 2.10. The van der Waals surface area contributed by atoms with Gasteiger partial charge in [-0.1, -0.05) is 0 Å². The number of hydrogen-bond donors (Lipinski definition) is 3. The second-order valence-electron chi connectivity index (χ2n) is 1.75. The van der Waals surface area contributed by atoms with Crippen LogP contribution in [-0.2, 0) is 15.4 Å². The van der Waals surface area contributed by atoms with E-state index in [0.717, 1.165) is 0 Å². The Morgan fingerprint density at radius 1 is 1.56 bits per heavy atom. The van der Waals surface area contributed by atoms with Gasteiger partial charge in [0, 0.05) is 0 Å².